The second kappa shape index (κ2) is 13.6. The van der Waals surface area contributed by atoms with Gasteiger partial charge in [-0.3, -0.25) is 0 Å². The molecular formula is C18H35IN6OS. The minimum absolute atomic E-state index is 0. The second-order valence-corrected chi connectivity index (χ2v) is 8.17. The molecule has 1 aromatic rings. The van der Waals surface area contributed by atoms with E-state index in [0.29, 0.717) is 12.6 Å². The van der Waals surface area contributed by atoms with E-state index in [0.717, 1.165) is 49.0 Å². The summed E-state index contributed by atoms with van der Waals surface area (Å²) in [5, 5.41) is 16.1. The van der Waals surface area contributed by atoms with Gasteiger partial charge in [-0.2, -0.15) is 11.8 Å². The quantitative estimate of drug-likeness (QED) is 0.218. The Balaban J connectivity index is 0.00000364. The smallest absolute Gasteiger partial charge is 0.191 e. The summed E-state index contributed by atoms with van der Waals surface area (Å²) >= 11 is 2.07. The van der Waals surface area contributed by atoms with Crippen LogP contribution in [0.4, 0.5) is 0 Å². The molecule has 1 aromatic heterocycles. The molecule has 7 nitrogen and oxygen atoms in total. The summed E-state index contributed by atoms with van der Waals surface area (Å²) in [6.45, 7) is 9.13. The predicted octanol–water partition coefficient (Wildman–Crippen LogP) is 2.88. The van der Waals surface area contributed by atoms with Gasteiger partial charge in [-0.1, -0.05) is 6.92 Å². The first-order valence-electron chi connectivity index (χ1n) is 9.73. The number of hydrogen-bond acceptors (Lipinski definition) is 5. The van der Waals surface area contributed by atoms with Crippen LogP contribution in [0.15, 0.2) is 4.99 Å². The molecule has 0 spiro atoms. The van der Waals surface area contributed by atoms with Gasteiger partial charge in [-0.25, -0.2) is 4.99 Å². The van der Waals surface area contributed by atoms with Crippen molar-refractivity contribution in [3.05, 3.63) is 11.6 Å². The number of aliphatic imine (C=N–C) groups is 1. The fourth-order valence-electron chi connectivity index (χ4n) is 3.07. The van der Waals surface area contributed by atoms with Crippen LogP contribution in [-0.4, -0.2) is 57.5 Å². The Morgan fingerprint density at radius 2 is 2.15 bits per heavy atom. The van der Waals surface area contributed by atoms with E-state index in [-0.39, 0.29) is 24.0 Å². The van der Waals surface area contributed by atoms with Gasteiger partial charge in [0.1, 0.15) is 12.4 Å². The molecule has 2 N–H and O–H groups in total. The monoisotopic (exact) mass is 510 g/mol. The van der Waals surface area contributed by atoms with E-state index in [1.54, 1.807) is 0 Å². The molecule has 0 saturated heterocycles. The van der Waals surface area contributed by atoms with Crippen molar-refractivity contribution in [3.63, 3.8) is 0 Å². The van der Waals surface area contributed by atoms with Gasteiger partial charge in [-0.05, 0) is 45.3 Å². The number of aromatic nitrogens is 3. The third-order valence-electron chi connectivity index (χ3n) is 4.65. The van der Waals surface area contributed by atoms with Crippen molar-refractivity contribution in [3.8, 4) is 0 Å². The molecule has 0 bridgehead atoms. The maximum Gasteiger partial charge on any atom is 0.191 e. The lowest BCUT2D eigenvalue weighted by Crippen LogP contribution is -2.43. The highest BCUT2D eigenvalue weighted by atomic mass is 127. The van der Waals surface area contributed by atoms with Gasteiger partial charge in [0.2, 0.25) is 0 Å². The summed E-state index contributed by atoms with van der Waals surface area (Å²) in [5.74, 6) is 3.85. The third-order valence-corrected chi connectivity index (χ3v) is 5.88. The average Bonchev–Trinajstić information content (AvgIpc) is 3.20. The number of halogens is 1. The van der Waals surface area contributed by atoms with E-state index in [9.17, 15) is 0 Å². The van der Waals surface area contributed by atoms with Crippen LogP contribution in [0, 0.1) is 6.92 Å². The molecule has 156 valence electrons. The van der Waals surface area contributed by atoms with Gasteiger partial charge in [0, 0.05) is 38.1 Å². The van der Waals surface area contributed by atoms with Crippen LogP contribution >= 0.6 is 35.7 Å². The molecule has 9 heteroatoms. The van der Waals surface area contributed by atoms with E-state index in [2.05, 4.69) is 39.5 Å². The maximum atomic E-state index is 5.41. The Hall–Kier alpha value is -0.550. The fraction of sp³-hybridized carbons (Fsp3) is 0.833. The summed E-state index contributed by atoms with van der Waals surface area (Å²) in [4.78, 5) is 4.74. The zero-order chi connectivity index (χ0) is 18.8. The van der Waals surface area contributed by atoms with Gasteiger partial charge < -0.3 is 19.9 Å². The number of aryl methyl sites for hydroxylation is 1. The highest BCUT2D eigenvalue weighted by molar-refractivity contribution is 14.0. The molecule has 1 saturated carbocycles. The molecule has 2 atom stereocenters. The number of nitrogens with one attached hydrogen (secondary N) is 2. The van der Waals surface area contributed by atoms with Gasteiger partial charge in [0.15, 0.2) is 11.8 Å². The lowest BCUT2D eigenvalue weighted by Gasteiger charge is -2.18. The number of nitrogens with zero attached hydrogens (tertiary/aromatic N) is 4. The van der Waals surface area contributed by atoms with Gasteiger partial charge in [-0.15, -0.1) is 34.2 Å². The highest BCUT2D eigenvalue weighted by Gasteiger charge is 2.25. The minimum atomic E-state index is 0. The summed E-state index contributed by atoms with van der Waals surface area (Å²) in [6, 6.07) is 0.499. The van der Waals surface area contributed by atoms with Crippen molar-refractivity contribution in [2.45, 2.75) is 64.3 Å². The van der Waals surface area contributed by atoms with Crippen molar-refractivity contribution < 1.29 is 4.74 Å². The first-order valence-corrected chi connectivity index (χ1v) is 10.8. The van der Waals surface area contributed by atoms with Crippen molar-refractivity contribution in [1.82, 2.24) is 25.4 Å². The summed E-state index contributed by atoms with van der Waals surface area (Å²) < 4.78 is 7.40. The Bertz CT molecular complexity index is 568. The van der Waals surface area contributed by atoms with Crippen LogP contribution in [-0.2, 0) is 18.3 Å². The molecule has 1 heterocycles. The zero-order valence-electron chi connectivity index (χ0n) is 17.0. The first kappa shape index (κ1) is 24.5. The molecule has 0 aromatic carbocycles. The Morgan fingerprint density at radius 1 is 1.33 bits per heavy atom. The Morgan fingerprint density at radius 3 is 2.81 bits per heavy atom. The standard InChI is InChI=1S/C18H34N6OS.HI/c1-5-25-11-7-10-19-18(20-13-17-23-22-14(3)24(17)4)21-15-8-9-16(12-15)26-6-2;/h15-16H,5-13H2,1-4H3,(H2,19,20,21);1H. The third kappa shape index (κ3) is 8.55. The van der Waals surface area contributed by atoms with Crippen molar-refractivity contribution in [2.24, 2.45) is 12.0 Å². The number of hydrogen-bond donors (Lipinski definition) is 2. The molecule has 2 rings (SSSR count). The van der Waals surface area contributed by atoms with Crippen molar-refractivity contribution >= 4 is 41.7 Å². The zero-order valence-corrected chi connectivity index (χ0v) is 20.2. The van der Waals surface area contributed by atoms with E-state index in [1.807, 2.05) is 25.5 Å². The van der Waals surface area contributed by atoms with Crippen LogP contribution < -0.4 is 10.6 Å². The molecule has 0 radical (unpaired) electrons. The first-order chi connectivity index (χ1) is 12.6. The minimum Gasteiger partial charge on any atom is -0.382 e. The topological polar surface area (TPSA) is 76.4 Å². The summed E-state index contributed by atoms with van der Waals surface area (Å²) in [7, 11) is 1.98. The SMILES string of the molecule is CCOCCCNC(=NCc1nnc(C)n1C)NC1CCC(SCC)C1.I. The Labute approximate surface area is 184 Å². The normalized spacial score (nSPS) is 19.8. The van der Waals surface area contributed by atoms with E-state index in [4.69, 9.17) is 9.73 Å². The number of ether oxygens (including phenoxy) is 1. The van der Waals surface area contributed by atoms with Crippen LogP contribution in [0.1, 0.15) is 51.2 Å². The Kier molecular flexibility index (Phi) is 12.3. The second-order valence-electron chi connectivity index (χ2n) is 6.60. The molecule has 0 aliphatic heterocycles. The molecule has 1 aliphatic carbocycles. The highest BCUT2D eigenvalue weighted by Crippen LogP contribution is 2.29. The van der Waals surface area contributed by atoms with Crippen LogP contribution in [0.25, 0.3) is 0 Å². The molecule has 2 unspecified atom stereocenters. The predicted molar refractivity (Wildman–Crippen MR) is 124 cm³/mol. The van der Waals surface area contributed by atoms with Crippen molar-refractivity contribution in [2.75, 3.05) is 25.5 Å². The van der Waals surface area contributed by atoms with E-state index in [1.165, 1.54) is 25.0 Å². The molecule has 0 amide bonds. The van der Waals surface area contributed by atoms with Crippen LogP contribution in [0.3, 0.4) is 0 Å². The maximum absolute atomic E-state index is 5.41. The van der Waals surface area contributed by atoms with Gasteiger partial charge in [0.05, 0.1) is 0 Å². The van der Waals surface area contributed by atoms with Crippen LogP contribution in [0.2, 0.25) is 0 Å². The molecule has 1 fully saturated rings. The number of thioether (sulfide) groups is 1. The van der Waals surface area contributed by atoms with Crippen LogP contribution in [0.5, 0.6) is 0 Å². The lowest BCUT2D eigenvalue weighted by molar-refractivity contribution is 0.145. The molecular weight excluding hydrogens is 475 g/mol. The number of rotatable bonds is 10. The summed E-state index contributed by atoms with van der Waals surface area (Å²) in [6.07, 6.45) is 4.68. The largest absolute Gasteiger partial charge is 0.382 e. The average molecular weight is 510 g/mol. The molecule has 27 heavy (non-hydrogen) atoms. The fourth-order valence-corrected chi connectivity index (χ4v) is 4.21. The number of guanidine groups is 1. The van der Waals surface area contributed by atoms with E-state index >= 15 is 0 Å². The van der Waals surface area contributed by atoms with E-state index < -0.39 is 0 Å². The molecule has 1 aliphatic rings. The van der Waals surface area contributed by atoms with Gasteiger partial charge >= 0.3 is 0 Å². The lowest BCUT2D eigenvalue weighted by atomic mass is 10.2. The van der Waals surface area contributed by atoms with Gasteiger partial charge in [0.25, 0.3) is 0 Å². The van der Waals surface area contributed by atoms with Crippen molar-refractivity contribution in [1.29, 1.82) is 0 Å². The summed E-state index contributed by atoms with van der Waals surface area (Å²) in [5.41, 5.74) is 0.